The molecule has 1 amide bonds. The summed E-state index contributed by atoms with van der Waals surface area (Å²) in [4.78, 5) is 24.1. The Kier molecular flexibility index (Phi) is 4.90. The number of hydrogen-bond acceptors (Lipinski definition) is 6. The molecule has 0 radical (unpaired) electrons. The van der Waals surface area contributed by atoms with Crippen LogP contribution in [0.15, 0.2) is 47.3 Å². The lowest BCUT2D eigenvalue weighted by Crippen LogP contribution is -2.29. The zero-order valence-corrected chi connectivity index (χ0v) is 14.5. The van der Waals surface area contributed by atoms with E-state index in [0.29, 0.717) is 10.7 Å². The van der Waals surface area contributed by atoms with Gasteiger partial charge in [0.25, 0.3) is 5.56 Å². The maximum absolute atomic E-state index is 12.1. The summed E-state index contributed by atoms with van der Waals surface area (Å²) in [7, 11) is 1.59. The predicted molar refractivity (Wildman–Crippen MR) is 96.0 cm³/mol. The smallest absolute Gasteiger partial charge is 0.267 e. The summed E-state index contributed by atoms with van der Waals surface area (Å²) >= 11 is 1.19. The number of carbonyl (C=O) groups excluding carboxylic acids is 1. The van der Waals surface area contributed by atoms with E-state index in [2.05, 4.69) is 14.8 Å². The topological polar surface area (TPSA) is 86.1 Å². The Morgan fingerprint density at radius 3 is 2.64 bits per heavy atom. The molecule has 0 atom stereocenters. The molecule has 0 spiro atoms. The fraction of sp³-hybridized carbons (Fsp3) is 0.176. The molecule has 25 heavy (non-hydrogen) atoms. The number of anilines is 1. The number of nitrogens with zero attached hydrogens (tertiary/aromatic N) is 3. The first-order valence-corrected chi connectivity index (χ1v) is 8.28. The van der Waals surface area contributed by atoms with E-state index in [1.807, 2.05) is 31.2 Å². The second kappa shape index (κ2) is 7.27. The Balaban J connectivity index is 1.79. The van der Waals surface area contributed by atoms with Crippen LogP contribution < -0.4 is 15.6 Å². The van der Waals surface area contributed by atoms with Crippen molar-refractivity contribution in [2.75, 3.05) is 12.4 Å². The Morgan fingerprint density at radius 1 is 1.24 bits per heavy atom. The number of aryl methyl sites for hydroxylation is 1. The average Bonchev–Trinajstić information content (AvgIpc) is 3.01. The number of amides is 1. The number of aromatic nitrogens is 3. The molecule has 2 heterocycles. The first-order chi connectivity index (χ1) is 12.0. The molecule has 1 N–H and O–H groups in total. The van der Waals surface area contributed by atoms with E-state index >= 15 is 0 Å². The summed E-state index contributed by atoms with van der Waals surface area (Å²) in [6.45, 7) is 1.68. The molecule has 3 rings (SSSR count). The average molecular weight is 356 g/mol. The highest BCUT2D eigenvalue weighted by Gasteiger charge is 2.10. The third-order valence-electron chi connectivity index (χ3n) is 3.44. The number of nitrogens with one attached hydrogen (secondary N) is 1. The number of hydrogen-bond donors (Lipinski definition) is 1. The lowest BCUT2D eigenvalue weighted by molar-refractivity contribution is -0.116. The molecule has 0 unspecified atom stereocenters. The van der Waals surface area contributed by atoms with E-state index in [1.54, 1.807) is 19.2 Å². The van der Waals surface area contributed by atoms with Gasteiger partial charge in [0.1, 0.15) is 17.3 Å². The molecular weight excluding hydrogens is 340 g/mol. The minimum absolute atomic E-state index is 0.167. The normalized spacial score (nSPS) is 10.5. The van der Waals surface area contributed by atoms with E-state index in [1.165, 1.54) is 17.6 Å². The third-order valence-corrected chi connectivity index (χ3v) is 4.23. The van der Waals surface area contributed by atoms with E-state index < -0.39 is 0 Å². The number of ether oxygens (including phenoxy) is 1. The van der Waals surface area contributed by atoms with Crippen molar-refractivity contribution < 1.29 is 9.53 Å². The van der Waals surface area contributed by atoms with Gasteiger partial charge in [-0.2, -0.15) is 9.47 Å². The summed E-state index contributed by atoms with van der Waals surface area (Å²) in [5, 5.41) is 7.63. The molecule has 0 aliphatic rings. The molecular formula is C17H16N4O3S. The van der Waals surface area contributed by atoms with Crippen molar-refractivity contribution in [2.45, 2.75) is 13.5 Å². The van der Waals surface area contributed by atoms with Gasteiger partial charge in [0, 0.05) is 11.6 Å². The van der Waals surface area contributed by atoms with Crippen LogP contribution in [0, 0.1) is 6.92 Å². The highest BCUT2D eigenvalue weighted by atomic mass is 32.1. The van der Waals surface area contributed by atoms with Gasteiger partial charge < -0.3 is 10.1 Å². The first kappa shape index (κ1) is 16.8. The van der Waals surface area contributed by atoms with Gasteiger partial charge in [-0.15, -0.1) is 0 Å². The molecule has 0 fully saturated rings. The van der Waals surface area contributed by atoms with Crippen molar-refractivity contribution in [3.05, 3.63) is 58.5 Å². The van der Waals surface area contributed by atoms with Gasteiger partial charge in [-0.3, -0.25) is 9.59 Å². The Morgan fingerprint density at radius 2 is 2.00 bits per heavy atom. The lowest BCUT2D eigenvalue weighted by atomic mass is 10.1. The quantitative estimate of drug-likeness (QED) is 0.758. The maximum atomic E-state index is 12.1. The molecule has 0 aliphatic heterocycles. The van der Waals surface area contributed by atoms with Crippen molar-refractivity contribution in [3.8, 4) is 17.0 Å². The van der Waals surface area contributed by atoms with Crippen LogP contribution in [0.2, 0.25) is 0 Å². The van der Waals surface area contributed by atoms with Crippen LogP contribution in [0.1, 0.15) is 5.69 Å². The van der Waals surface area contributed by atoms with Gasteiger partial charge in [0.15, 0.2) is 0 Å². The van der Waals surface area contributed by atoms with Crippen LogP contribution in [-0.2, 0) is 11.3 Å². The van der Waals surface area contributed by atoms with Crippen LogP contribution >= 0.6 is 11.5 Å². The van der Waals surface area contributed by atoms with Gasteiger partial charge >= 0.3 is 0 Å². The first-order valence-electron chi connectivity index (χ1n) is 7.51. The minimum atomic E-state index is -0.340. The number of methoxy groups -OCH3 is 1. The molecule has 3 aromatic rings. The molecule has 2 aromatic heterocycles. The van der Waals surface area contributed by atoms with Crippen LogP contribution in [0.4, 0.5) is 5.00 Å². The fourth-order valence-corrected chi connectivity index (χ4v) is 2.89. The van der Waals surface area contributed by atoms with Gasteiger partial charge in [-0.05, 0) is 54.9 Å². The summed E-state index contributed by atoms with van der Waals surface area (Å²) in [5.41, 5.74) is 1.92. The number of rotatable bonds is 5. The molecule has 8 heteroatoms. The van der Waals surface area contributed by atoms with E-state index in [0.717, 1.165) is 21.7 Å². The Labute approximate surface area is 148 Å². The van der Waals surface area contributed by atoms with Crippen molar-refractivity contribution >= 4 is 22.4 Å². The number of carbonyl (C=O) groups is 1. The monoisotopic (exact) mass is 356 g/mol. The predicted octanol–water partition coefficient (Wildman–Crippen LogP) is 2.32. The molecule has 0 saturated carbocycles. The highest BCUT2D eigenvalue weighted by Crippen LogP contribution is 2.19. The van der Waals surface area contributed by atoms with Crippen molar-refractivity contribution in [1.29, 1.82) is 0 Å². The lowest BCUT2D eigenvalue weighted by Gasteiger charge is -2.07. The summed E-state index contributed by atoms with van der Waals surface area (Å²) in [5.74, 6) is 0.404. The molecule has 128 valence electrons. The Hall–Kier alpha value is -3.00. The van der Waals surface area contributed by atoms with Crippen LogP contribution in [-0.4, -0.2) is 27.2 Å². The van der Waals surface area contributed by atoms with Crippen LogP contribution in [0.5, 0.6) is 5.75 Å². The van der Waals surface area contributed by atoms with Crippen LogP contribution in [0.3, 0.4) is 0 Å². The molecule has 7 nitrogen and oxygen atoms in total. The van der Waals surface area contributed by atoms with Crippen molar-refractivity contribution in [1.82, 2.24) is 14.2 Å². The third kappa shape index (κ3) is 4.10. The SMILES string of the molecule is COc1ccc(-c2ccc(=O)n(CC(=O)Nc3cc(C)ns3)n2)cc1. The summed E-state index contributed by atoms with van der Waals surface area (Å²) in [6, 6.07) is 12.1. The van der Waals surface area contributed by atoms with Gasteiger partial charge in [-0.1, -0.05) is 0 Å². The number of benzene rings is 1. The second-order valence-corrected chi connectivity index (χ2v) is 6.13. The summed E-state index contributed by atoms with van der Waals surface area (Å²) in [6.07, 6.45) is 0. The van der Waals surface area contributed by atoms with Crippen molar-refractivity contribution in [2.24, 2.45) is 0 Å². The van der Waals surface area contributed by atoms with Crippen molar-refractivity contribution in [3.63, 3.8) is 0 Å². The fourth-order valence-electron chi connectivity index (χ4n) is 2.21. The maximum Gasteiger partial charge on any atom is 0.267 e. The van der Waals surface area contributed by atoms with E-state index in [-0.39, 0.29) is 18.0 Å². The molecule has 0 aliphatic carbocycles. The van der Waals surface area contributed by atoms with E-state index in [9.17, 15) is 9.59 Å². The molecule has 0 bridgehead atoms. The molecule has 0 saturated heterocycles. The zero-order chi connectivity index (χ0) is 17.8. The van der Waals surface area contributed by atoms with Crippen LogP contribution in [0.25, 0.3) is 11.3 Å². The van der Waals surface area contributed by atoms with E-state index in [4.69, 9.17) is 4.74 Å². The highest BCUT2D eigenvalue weighted by molar-refractivity contribution is 7.10. The minimum Gasteiger partial charge on any atom is -0.497 e. The largest absolute Gasteiger partial charge is 0.497 e. The van der Waals surface area contributed by atoms with Gasteiger partial charge in [-0.25, -0.2) is 4.68 Å². The Bertz CT molecular complexity index is 947. The standard InChI is InChI=1S/C17H16N4O3S/c1-11-9-16(25-20-11)18-15(22)10-21-17(23)8-7-14(19-21)12-3-5-13(24-2)6-4-12/h3-9H,10H2,1-2H3,(H,18,22). The zero-order valence-electron chi connectivity index (χ0n) is 13.7. The summed E-state index contributed by atoms with van der Waals surface area (Å²) < 4.78 is 10.4. The van der Waals surface area contributed by atoms with Gasteiger partial charge in [0.05, 0.1) is 18.5 Å². The van der Waals surface area contributed by atoms with Gasteiger partial charge in [0.2, 0.25) is 5.91 Å². The molecule has 1 aromatic carbocycles. The second-order valence-electron chi connectivity index (χ2n) is 5.32.